The van der Waals surface area contributed by atoms with Gasteiger partial charge in [0.2, 0.25) is 0 Å². The summed E-state index contributed by atoms with van der Waals surface area (Å²) in [4.78, 5) is 56.5. The van der Waals surface area contributed by atoms with Crippen LogP contribution in [0.4, 0.5) is 0 Å². The van der Waals surface area contributed by atoms with E-state index in [9.17, 15) is 28.8 Å². The normalized spacial score (nSPS) is 9.24. The molecule has 0 atom stereocenters. The third kappa shape index (κ3) is 81.0. The van der Waals surface area contributed by atoms with Crippen LogP contribution < -0.4 is 0 Å². The maximum atomic E-state index is 9.55. The third-order valence-electron chi connectivity index (χ3n) is 4.28. The molecule has 0 spiro atoms. The van der Waals surface area contributed by atoms with E-state index in [1.165, 1.54) is 0 Å². The number of aliphatic hydroxyl groups excluding tert-OH is 6. The Hall–Kier alpha value is -1.32. The Kier molecular flexibility index (Phi) is 69.6. The molecule has 0 aliphatic rings. The Morgan fingerprint density at radius 3 is 0.600 bits per heavy atom. The first-order chi connectivity index (χ1) is 23.0. The number of carboxylic acids is 6. The molecule has 0 fully saturated rings. The van der Waals surface area contributed by atoms with Crippen molar-refractivity contribution in [3.8, 4) is 0 Å². The SMILES string of the molecule is CC(CO)(CO)CO.CCC(CO)(CO)CO.O=C(O)CCS.O=C(O)CCS.O=C(O)CCS.O=C(O)CS.O=C(O)CS.O=C(O)CS. The first-order valence-corrected chi connectivity index (χ1v) is 17.5. The smallest absolute Gasteiger partial charge is 0.313 e. The molecule has 0 aliphatic heterocycles. The van der Waals surface area contributed by atoms with Gasteiger partial charge < -0.3 is 61.3 Å². The zero-order valence-corrected chi connectivity index (χ0v) is 33.2. The van der Waals surface area contributed by atoms with Crippen molar-refractivity contribution in [2.24, 2.45) is 10.8 Å². The first-order valence-electron chi connectivity index (χ1n) is 13.7. The van der Waals surface area contributed by atoms with Crippen LogP contribution in [-0.4, -0.2) is 171 Å². The molecule has 0 unspecified atom stereocenters. The van der Waals surface area contributed by atoms with Crippen LogP contribution in [0.25, 0.3) is 0 Å². The van der Waals surface area contributed by atoms with Crippen molar-refractivity contribution in [3.05, 3.63) is 0 Å². The highest BCUT2D eigenvalue weighted by Gasteiger charge is 2.25. The minimum atomic E-state index is -0.881. The van der Waals surface area contributed by atoms with Gasteiger partial charge in [0.25, 0.3) is 0 Å². The summed E-state index contributed by atoms with van der Waals surface area (Å²) in [5.41, 5.74) is -1.38. The van der Waals surface area contributed by atoms with E-state index in [0.29, 0.717) is 23.7 Å². The van der Waals surface area contributed by atoms with E-state index < -0.39 is 46.6 Å². The Morgan fingerprint density at radius 2 is 0.600 bits per heavy atom. The van der Waals surface area contributed by atoms with Crippen LogP contribution in [0.15, 0.2) is 0 Å². The Balaban J connectivity index is -0.0000000679. The van der Waals surface area contributed by atoms with Gasteiger partial charge in [-0.15, -0.1) is 0 Å². The van der Waals surface area contributed by atoms with Crippen LogP contribution in [0.2, 0.25) is 0 Å². The van der Waals surface area contributed by atoms with Gasteiger partial charge in [-0.25, -0.2) is 0 Å². The largest absolute Gasteiger partial charge is 0.481 e. The number of carbonyl (C=O) groups is 6. The maximum absolute atomic E-state index is 9.55. The maximum Gasteiger partial charge on any atom is 0.313 e. The highest BCUT2D eigenvalue weighted by atomic mass is 32.1. The minimum absolute atomic E-state index is 0.0833. The van der Waals surface area contributed by atoms with Crippen LogP contribution in [0, 0.1) is 10.8 Å². The summed E-state index contributed by atoms with van der Waals surface area (Å²) in [6, 6.07) is 0. The summed E-state index contributed by atoms with van der Waals surface area (Å²) in [5, 5.41) is 97.9. The van der Waals surface area contributed by atoms with Gasteiger partial charge in [0.1, 0.15) is 0 Å². The fraction of sp³-hybridized carbons (Fsp3) is 0.769. The lowest BCUT2D eigenvalue weighted by molar-refractivity contribution is -0.137. The molecule has 18 nitrogen and oxygen atoms in total. The van der Waals surface area contributed by atoms with Crippen molar-refractivity contribution in [3.63, 3.8) is 0 Å². The molecule has 0 saturated heterocycles. The Bertz CT molecular complexity index is 704. The predicted octanol–water partition coefficient (Wildman–Crippen LogP) is -0.496. The number of rotatable bonds is 16. The highest BCUT2D eigenvalue weighted by Crippen LogP contribution is 2.18. The molecule has 50 heavy (non-hydrogen) atoms. The molecular formula is C26H56O18S6. The number of carboxylic acid groups (broad SMARTS) is 6. The van der Waals surface area contributed by atoms with Gasteiger partial charge in [0, 0.05) is 28.1 Å². The lowest BCUT2D eigenvalue weighted by Gasteiger charge is -2.24. The average molecular weight is 849 g/mol. The van der Waals surface area contributed by atoms with Gasteiger partial charge in [0.15, 0.2) is 0 Å². The van der Waals surface area contributed by atoms with Crippen molar-refractivity contribution in [1.82, 2.24) is 0 Å². The molecule has 12 N–H and O–H groups in total. The standard InChI is InChI=1S/C6H14O3.C5H12O3.3C3H6O2S.3C2H4O2S/c1-2-6(3-7,4-8)5-9;1-5(2-6,3-7)4-8;3*4-3(5)1-2-6;3*3-2(4)1-5/h7-9H,2-5H2,1H3;6-8H,2-4H2,1H3;3*6H,1-2H2,(H,4,5);3*5H,1H2,(H,3,4). The van der Waals surface area contributed by atoms with Crippen LogP contribution in [0.3, 0.4) is 0 Å². The zero-order valence-electron chi connectivity index (χ0n) is 27.8. The topological polar surface area (TPSA) is 345 Å². The van der Waals surface area contributed by atoms with Crippen LogP contribution in [-0.2, 0) is 28.8 Å². The minimum Gasteiger partial charge on any atom is -0.481 e. The Morgan fingerprint density at radius 1 is 0.420 bits per heavy atom. The summed E-state index contributed by atoms with van der Waals surface area (Å²) in [5.74, 6) is -3.98. The molecule has 0 rings (SSSR count). The van der Waals surface area contributed by atoms with Crippen LogP contribution in [0.1, 0.15) is 39.5 Å². The van der Waals surface area contributed by atoms with Gasteiger partial charge in [-0.2, -0.15) is 75.8 Å². The lowest BCUT2D eigenvalue weighted by atomic mass is 9.88. The predicted molar refractivity (Wildman–Crippen MR) is 206 cm³/mol. The quantitative estimate of drug-likeness (QED) is 0.0871. The second-order valence-corrected chi connectivity index (χ2v) is 11.2. The summed E-state index contributed by atoms with van der Waals surface area (Å²) < 4.78 is 0. The zero-order chi connectivity index (χ0) is 41.8. The van der Waals surface area contributed by atoms with E-state index >= 15 is 0 Å². The highest BCUT2D eigenvalue weighted by molar-refractivity contribution is 7.81. The molecular weight excluding hydrogens is 793 g/mol. The number of hydrogen-bond acceptors (Lipinski definition) is 18. The number of thiol groups is 6. The summed E-state index contributed by atoms with van der Waals surface area (Å²) in [6.07, 6.45) is 1.06. The fourth-order valence-electron chi connectivity index (χ4n) is 0.922. The van der Waals surface area contributed by atoms with Crippen molar-refractivity contribution < 1.29 is 90.0 Å². The summed E-state index contributed by atoms with van der Waals surface area (Å²) >= 11 is 21.3. The number of hydrogen-bond donors (Lipinski definition) is 18. The van der Waals surface area contributed by atoms with E-state index in [4.69, 9.17) is 61.3 Å². The molecule has 0 heterocycles. The molecule has 0 aliphatic carbocycles. The second-order valence-electron chi connectivity index (χ2n) is 8.87. The van der Waals surface area contributed by atoms with Crippen LogP contribution in [0.5, 0.6) is 0 Å². The lowest BCUT2D eigenvalue weighted by Crippen LogP contribution is -2.32. The van der Waals surface area contributed by atoms with E-state index in [2.05, 4.69) is 75.8 Å². The summed E-state index contributed by atoms with van der Waals surface area (Å²) in [7, 11) is 0. The van der Waals surface area contributed by atoms with Gasteiger partial charge in [-0.05, 0) is 6.42 Å². The number of aliphatic hydroxyl groups is 6. The Labute approximate surface area is 324 Å². The summed E-state index contributed by atoms with van der Waals surface area (Å²) in [6.45, 7) is 2.42. The molecule has 0 radical (unpaired) electrons. The molecule has 0 saturated carbocycles. The van der Waals surface area contributed by atoms with Crippen LogP contribution >= 0.6 is 75.8 Å². The van der Waals surface area contributed by atoms with Gasteiger partial charge in [-0.3, -0.25) is 28.8 Å². The van der Waals surface area contributed by atoms with E-state index in [1.54, 1.807) is 6.92 Å². The van der Waals surface area contributed by atoms with Gasteiger partial charge >= 0.3 is 35.8 Å². The molecule has 0 aromatic heterocycles. The van der Waals surface area contributed by atoms with Crippen molar-refractivity contribution in [1.29, 1.82) is 0 Å². The third-order valence-corrected chi connectivity index (χ3v) is 5.77. The average Bonchev–Trinajstić information content (AvgIpc) is 3.07. The van der Waals surface area contributed by atoms with Gasteiger partial charge in [0.05, 0.1) is 76.2 Å². The molecule has 0 aromatic carbocycles. The number of aliphatic carboxylic acids is 6. The van der Waals surface area contributed by atoms with Crippen molar-refractivity contribution >= 4 is 112 Å². The van der Waals surface area contributed by atoms with Crippen molar-refractivity contribution in [2.75, 3.05) is 74.2 Å². The molecule has 0 bridgehead atoms. The molecule has 0 amide bonds. The van der Waals surface area contributed by atoms with Gasteiger partial charge in [-0.1, -0.05) is 13.8 Å². The van der Waals surface area contributed by atoms with E-state index in [-0.39, 0.29) is 76.2 Å². The monoisotopic (exact) mass is 848 g/mol. The molecule has 24 heteroatoms. The van der Waals surface area contributed by atoms with Crippen molar-refractivity contribution in [2.45, 2.75) is 39.5 Å². The second kappa shape index (κ2) is 52.0. The molecule has 304 valence electrons. The van der Waals surface area contributed by atoms with E-state index in [0.717, 1.165) is 0 Å². The fourth-order valence-corrected chi connectivity index (χ4v) is 1.50. The van der Waals surface area contributed by atoms with E-state index in [1.807, 2.05) is 6.92 Å². The first kappa shape index (κ1) is 66.9. The molecule has 0 aromatic rings.